The lowest BCUT2D eigenvalue weighted by atomic mass is 10.0. The van der Waals surface area contributed by atoms with E-state index < -0.39 is 5.97 Å². The third-order valence-corrected chi connectivity index (χ3v) is 5.37. The van der Waals surface area contributed by atoms with E-state index in [-0.39, 0.29) is 11.7 Å². The lowest BCUT2D eigenvalue weighted by Gasteiger charge is -2.10. The van der Waals surface area contributed by atoms with E-state index in [1.165, 1.54) is 13.3 Å². The molecule has 1 amide bonds. The van der Waals surface area contributed by atoms with Crippen molar-refractivity contribution in [3.05, 3.63) is 102 Å². The van der Waals surface area contributed by atoms with Gasteiger partial charge in [-0.05, 0) is 71.3 Å². The molecule has 0 spiro atoms. The van der Waals surface area contributed by atoms with Crippen LogP contribution in [0.2, 0.25) is 0 Å². The molecule has 1 N–H and O–H groups in total. The number of carbonyl (C=O) groups is 2. The number of amides is 1. The van der Waals surface area contributed by atoms with Crippen molar-refractivity contribution in [2.45, 2.75) is 13.3 Å². The molecule has 182 valence electrons. The summed E-state index contributed by atoms with van der Waals surface area (Å²) in [5, 5.41) is 5.90. The number of hydrogen-bond acceptors (Lipinski definition) is 6. The third-order valence-electron chi connectivity index (χ3n) is 5.37. The van der Waals surface area contributed by atoms with Gasteiger partial charge in [-0.25, -0.2) is 10.2 Å². The predicted molar refractivity (Wildman–Crippen MR) is 139 cm³/mol. The van der Waals surface area contributed by atoms with E-state index >= 15 is 0 Å². The van der Waals surface area contributed by atoms with Gasteiger partial charge in [0.05, 0.1) is 25.5 Å². The molecule has 0 atom stereocenters. The molecule has 0 aliphatic heterocycles. The molecule has 36 heavy (non-hydrogen) atoms. The first-order valence-electron chi connectivity index (χ1n) is 11.5. The first-order chi connectivity index (χ1) is 17.6. The SMILES string of the molecule is CCCOc1ccc(C(=O)Oc2ccc(/C=N\NC(=O)c3cccc4ccccc34)cc2OC)cc1. The minimum atomic E-state index is -0.515. The maximum atomic E-state index is 12.6. The first-order valence-corrected chi connectivity index (χ1v) is 11.5. The molecule has 0 bridgehead atoms. The average Bonchev–Trinajstić information content (AvgIpc) is 2.92. The standard InChI is InChI=1S/C29H26N2O5/c1-3-17-35-23-14-12-22(13-15-23)29(33)36-26-16-11-20(18-27(26)34-2)19-30-31-28(32)25-10-6-8-21-7-4-5-9-24(21)25/h4-16,18-19H,3,17H2,1-2H3,(H,31,32)/b30-19-. The molecule has 0 radical (unpaired) electrons. The Balaban J connectivity index is 1.41. The van der Waals surface area contributed by atoms with E-state index in [9.17, 15) is 9.59 Å². The van der Waals surface area contributed by atoms with Crippen molar-refractivity contribution in [1.82, 2.24) is 5.43 Å². The molecule has 4 rings (SSSR count). The quantitative estimate of drug-likeness (QED) is 0.145. The summed E-state index contributed by atoms with van der Waals surface area (Å²) in [5.74, 6) is 0.495. The second-order valence-corrected chi connectivity index (χ2v) is 7.90. The fourth-order valence-corrected chi connectivity index (χ4v) is 3.56. The van der Waals surface area contributed by atoms with Crippen molar-refractivity contribution in [3.8, 4) is 17.2 Å². The van der Waals surface area contributed by atoms with Gasteiger partial charge in [0.25, 0.3) is 5.91 Å². The number of hydrazone groups is 1. The smallest absolute Gasteiger partial charge is 0.343 e. The number of esters is 1. The summed E-state index contributed by atoms with van der Waals surface area (Å²) >= 11 is 0. The first kappa shape index (κ1) is 24.5. The Bertz CT molecular complexity index is 1390. The molecule has 0 heterocycles. The molecule has 4 aromatic carbocycles. The van der Waals surface area contributed by atoms with Crippen LogP contribution in [0.15, 0.2) is 90.0 Å². The number of ether oxygens (including phenoxy) is 3. The van der Waals surface area contributed by atoms with Crippen LogP contribution < -0.4 is 19.6 Å². The van der Waals surface area contributed by atoms with Gasteiger partial charge in [-0.3, -0.25) is 4.79 Å². The van der Waals surface area contributed by atoms with Crippen molar-refractivity contribution >= 4 is 28.9 Å². The second kappa shape index (κ2) is 11.7. The lowest BCUT2D eigenvalue weighted by Crippen LogP contribution is -2.17. The number of fused-ring (bicyclic) bond motifs is 1. The Labute approximate surface area is 209 Å². The van der Waals surface area contributed by atoms with Gasteiger partial charge in [-0.1, -0.05) is 43.3 Å². The topological polar surface area (TPSA) is 86.2 Å². The number of nitrogens with one attached hydrogen (secondary N) is 1. The number of hydrogen-bond donors (Lipinski definition) is 1. The zero-order valence-corrected chi connectivity index (χ0v) is 20.1. The summed E-state index contributed by atoms with van der Waals surface area (Å²) in [6.45, 7) is 2.64. The number of rotatable bonds is 9. The number of carbonyl (C=O) groups excluding carboxylic acids is 2. The van der Waals surface area contributed by atoms with Crippen molar-refractivity contribution in [1.29, 1.82) is 0 Å². The predicted octanol–water partition coefficient (Wildman–Crippen LogP) is 5.62. The zero-order chi connectivity index (χ0) is 25.3. The third kappa shape index (κ3) is 5.88. The van der Waals surface area contributed by atoms with Crippen molar-refractivity contribution in [2.24, 2.45) is 5.10 Å². The van der Waals surface area contributed by atoms with Gasteiger partial charge in [0.2, 0.25) is 0 Å². The maximum Gasteiger partial charge on any atom is 0.343 e. The molecule has 0 aromatic heterocycles. The molecule has 7 heteroatoms. The molecule has 0 saturated heterocycles. The van der Waals surface area contributed by atoms with Gasteiger partial charge >= 0.3 is 5.97 Å². The van der Waals surface area contributed by atoms with E-state index in [2.05, 4.69) is 10.5 Å². The average molecular weight is 483 g/mol. The highest BCUT2D eigenvalue weighted by molar-refractivity contribution is 6.07. The normalized spacial score (nSPS) is 10.8. The van der Waals surface area contributed by atoms with E-state index in [1.54, 1.807) is 48.5 Å². The fourth-order valence-electron chi connectivity index (χ4n) is 3.56. The van der Waals surface area contributed by atoms with Crippen molar-refractivity contribution in [3.63, 3.8) is 0 Å². The summed E-state index contributed by atoms with van der Waals surface area (Å²) in [6.07, 6.45) is 2.40. The summed E-state index contributed by atoms with van der Waals surface area (Å²) < 4.78 is 16.4. The summed E-state index contributed by atoms with van der Waals surface area (Å²) in [6, 6.07) is 25.0. The van der Waals surface area contributed by atoms with Crippen LogP contribution in [0.3, 0.4) is 0 Å². The van der Waals surface area contributed by atoms with Gasteiger partial charge < -0.3 is 14.2 Å². The van der Waals surface area contributed by atoms with Crippen molar-refractivity contribution in [2.75, 3.05) is 13.7 Å². The molecular formula is C29H26N2O5. The van der Waals surface area contributed by atoms with Crippen LogP contribution in [-0.2, 0) is 0 Å². The van der Waals surface area contributed by atoms with E-state index in [4.69, 9.17) is 14.2 Å². The molecule has 4 aromatic rings. The Morgan fingerprint density at radius 3 is 2.47 bits per heavy atom. The largest absolute Gasteiger partial charge is 0.494 e. The van der Waals surface area contributed by atoms with Crippen LogP contribution in [0.5, 0.6) is 17.2 Å². The summed E-state index contributed by atoms with van der Waals surface area (Å²) in [4.78, 5) is 25.2. The molecule has 0 aliphatic rings. The molecular weight excluding hydrogens is 456 g/mol. The highest BCUT2D eigenvalue weighted by Crippen LogP contribution is 2.28. The lowest BCUT2D eigenvalue weighted by molar-refractivity contribution is 0.0729. The molecule has 0 aliphatic carbocycles. The molecule has 0 saturated carbocycles. The van der Waals surface area contributed by atoms with Gasteiger partial charge in [-0.2, -0.15) is 5.10 Å². The van der Waals surface area contributed by atoms with Gasteiger partial charge in [0.15, 0.2) is 11.5 Å². The summed E-state index contributed by atoms with van der Waals surface area (Å²) in [5.41, 5.74) is 4.14. The molecule has 0 unspecified atom stereocenters. The monoisotopic (exact) mass is 482 g/mol. The van der Waals surface area contributed by atoms with Crippen LogP contribution in [0.4, 0.5) is 0 Å². The van der Waals surface area contributed by atoms with Gasteiger partial charge in [0, 0.05) is 5.56 Å². The number of methoxy groups -OCH3 is 1. The van der Waals surface area contributed by atoms with Gasteiger partial charge in [0.1, 0.15) is 5.75 Å². The highest BCUT2D eigenvalue weighted by Gasteiger charge is 2.13. The number of nitrogens with zero attached hydrogens (tertiary/aromatic N) is 1. The Kier molecular flexibility index (Phi) is 7.93. The van der Waals surface area contributed by atoms with E-state index in [1.807, 2.05) is 43.3 Å². The Morgan fingerprint density at radius 1 is 0.917 bits per heavy atom. The summed E-state index contributed by atoms with van der Waals surface area (Å²) in [7, 11) is 1.48. The Hall–Kier alpha value is -4.65. The highest BCUT2D eigenvalue weighted by atomic mass is 16.6. The van der Waals surface area contributed by atoms with E-state index in [0.717, 1.165) is 17.2 Å². The minimum absolute atomic E-state index is 0.269. The number of benzene rings is 4. The minimum Gasteiger partial charge on any atom is -0.494 e. The second-order valence-electron chi connectivity index (χ2n) is 7.90. The molecule has 0 fully saturated rings. The van der Waals surface area contributed by atoms with Crippen molar-refractivity contribution < 1.29 is 23.8 Å². The maximum absolute atomic E-state index is 12.6. The van der Waals surface area contributed by atoms with E-state index in [0.29, 0.717) is 34.8 Å². The van der Waals surface area contributed by atoms with Crippen LogP contribution in [0.1, 0.15) is 39.6 Å². The zero-order valence-electron chi connectivity index (χ0n) is 20.1. The Morgan fingerprint density at radius 2 is 1.69 bits per heavy atom. The fraction of sp³-hybridized carbons (Fsp3) is 0.138. The van der Waals surface area contributed by atoms with Gasteiger partial charge in [-0.15, -0.1) is 0 Å². The van der Waals surface area contributed by atoms with Crippen LogP contribution >= 0.6 is 0 Å². The van der Waals surface area contributed by atoms with Crippen LogP contribution in [-0.4, -0.2) is 31.8 Å². The van der Waals surface area contributed by atoms with Crippen LogP contribution in [0.25, 0.3) is 10.8 Å². The molecule has 7 nitrogen and oxygen atoms in total. The van der Waals surface area contributed by atoms with Crippen LogP contribution in [0, 0.1) is 0 Å².